The highest BCUT2D eigenvalue weighted by Crippen LogP contribution is 2.18. The van der Waals surface area contributed by atoms with Crippen molar-refractivity contribution in [1.29, 1.82) is 0 Å². The highest BCUT2D eigenvalue weighted by molar-refractivity contribution is 5.78. The first-order valence-corrected chi connectivity index (χ1v) is 4.99. The van der Waals surface area contributed by atoms with Gasteiger partial charge < -0.3 is 5.73 Å². The number of hydrogen-bond donors (Lipinski definition) is 1. The summed E-state index contributed by atoms with van der Waals surface area (Å²) in [6, 6.07) is 8.53. The Morgan fingerprint density at radius 3 is 2.93 bits per heavy atom. The standard InChI is InChI=1S/C11H15N3/c1-2-10(7-12)14-11-6-4-3-5-9(11)8-13-14/h3-6,8,10H,2,7,12H2,1H3. The van der Waals surface area contributed by atoms with E-state index in [2.05, 4.69) is 24.2 Å². The Kier molecular flexibility index (Phi) is 2.50. The molecule has 2 rings (SSSR count). The van der Waals surface area contributed by atoms with Crippen LogP contribution in [0.4, 0.5) is 0 Å². The van der Waals surface area contributed by atoms with Gasteiger partial charge >= 0.3 is 0 Å². The van der Waals surface area contributed by atoms with Crippen molar-refractivity contribution in [2.75, 3.05) is 6.54 Å². The molecule has 2 aromatic rings. The summed E-state index contributed by atoms with van der Waals surface area (Å²) in [6.45, 7) is 2.77. The number of benzene rings is 1. The van der Waals surface area contributed by atoms with E-state index in [9.17, 15) is 0 Å². The first-order chi connectivity index (χ1) is 6.86. The molecule has 1 atom stereocenters. The Morgan fingerprint density at radius 1 is 1.43 bits per heavy atom. The van der Waals surface area contributed by atoms with Crippen LogP contribution >= 0.6 is 0 Å². The van der Waals surface area contributed by atoms with E-state index in [4.69, 9.17) is 5.73 Å². The SMILES string of the molecule is CCC(CN)n1ncc2ccccc21. The van der Waals surface area contributed by atoms with E-state index in [0.717, 1.165) is 6.42 Å². The fourth-order valence-electron chi connectivity index (χ4n) is 1.72. The van der Waals surface area contributed by atoms with Crippen LogP contribution < -0.4 is 5.73 Å². The van der Waals surface area contributed by atoms with E-state index < -0.39 is 0 Å². The van der Waals surface area contributed by atoms with Gasteiger partial charge in [0.2, 0.25) is 0 Å². The molecule has 3 heteroatoms. The molecule has 0 saturated heterocycles. The molecule has 0 spiro atoms. The zero-order valence-corrected chi connectivity index (χ0v) is 8.35. The van der Waals surface area contributed by atoms with Gasteiger partial charge in [-0.1, -0.05) is 25.1 Å². The van der Waals surface area contributed by atoms with Crippen LogP contribution in [0.1, 0.15) is 19.4 Å². The van der Waals surface area contributed by atoms with Crippen molar-refractivity contribution in [1.82, 2.24) is 9.78 Å². The smallest absolute Gasteiger partial charge is 0.0686 e. The monoisotopic (exact) mass is 189 g/mol. The maximum Gasteiger partial charge on any atom is 0.0686 e. The van der Waals surface area contributed by atoms with Crippen molar-refractivity contribution >= 4 is 10.9 Å². The molecule has 74 valence electrons. The zero-order valence-electron chi connectivity index (χ0n) is 8.35. The van der Waals surface area contributed by atoms with Crippen LogP contribution in [0.2, 0.25) is 0 Å². The molecule has 0 aliphatic carbocycles. The molecule has 0 radical (unpaired) electrons. The molecule has 0 saturated carbocycles. The average Bonchev–Trinajstić information content (AvgIpc) is 2.65. The Bertz CT molecular complexity index is 415. The van der Waals surface area contributed by atoms with Crippen LogP contribution in [0, 0.1) is 0 Å². The minimum Gasteiger partial charge on any atom is -0.328 e. The van der Waals surface area contributed by atoms with Gasteiger partial charge in [0.05, 0.1) is 17.8 Å². The summed E-state index contributed by atoms with van der Waals surface area (Å²) in [7, 11) is 0. The summed E-state index contributed by atoms with van der Waals surface area (Å²) >= 11 is 0. The second-order valence-corrected chi connectivity index (χ2v) is 3.45. The predicted molar refractivity (Wildman–Crippen MR) is 58.1 cm³/mol. The molecule has 0 bridgehead atoms. The molecule has 0 amide bonds. The van der Waals surface area contributed by atoms with Crippen molar-refractivity contribution in [3.05, 3.63) is 30.5 Å². The van der Waals surface area contributed by atoms with Gasteiger partial charge in [0.1, 0.15) is 0 Å². The summed E-state index contributed by atoms with van der Waals surface area (Å²) in [6.07, 6.45) is 2.91. The lowest BCUT2D eigenvalue weighted by atomic mass is 10.2. The number of rotatable bonds is 3. The van der Waals surface area contributed by atoms with Crippen LogP contribution in [-0.2, 0) is 0 Å². The van der Waals surface area contributed by atoms with Gasteiger partial charge in [-0.2, -0.15) is 5.10 Å². The van der Waals surface area contributed by atoms with Crippen LogP contribution in [0.3, 0.4) is 0 Å². The molecule has 0 aliphatic rings. The molecule has 1 unspecified atom stereocenters. The van der Waals surface area contributed by atoms with Gasteiger partial charge in [0.25, 0.3) is 0 Å². The topological polar surface area (TPSA) is 43.8 Å². The molecule has 1 aromatic carbocycles. The van der Waals surface area contributed by atoms with Crippen LogP contribution in [-0.4, -0.2) is 16.3 Å². The van der Waals surface area contributed by atoms with Gasteiger partial charge in [-0.05, 0) is 12.5 Å². The van der Waals surface area contributed by atoms with E-state index in [1.807, 2.05) is 23.0 Å². The van der Waals surface area contributed by atoms with Gasteiger partial charge in [-0.25, -0.2) is 0 Å². The number of nitrogens with zero attached hydrogens (tertiary/aromatic N) is 2. The summed E-state index contributed by atoms with van der Waals surface area (Å²) in [4.78, 5) is 0. The summed E-state index contributed by atoms with van der Waals surface area (Å²) < 4.78 is 2.02. The maximum absolute atomic E-state index is 5.70. The van der Waals surface area contributed by atoms with E-state index in [0.29, 0.717) is 12.6 Å². The Balaban J connectivity index is 2.51. The third-order valence-electron chi connectivity index (χ3n) is 2.59. The number of para-hydroxylation sites is 1. The van der Waals surface area contributed by atoms with Crippen LogP contribution in [0.5, 0.6) is 0 Å². The predicted octanol–water partition coefficient (Wildman–Crippen LogP) is 1.95. The van der Waals surface area contributed by atoms with Crippen LogP contribution in [0.15, 0.2) is 30.5 Å². The summed E-state index contributed by atoms with van der Waals surface area (Å²) in [5, 5.41) is 5.55. The Labute approximate surface area is 83.5 Å². The second kappa shape index (κ2) is 3.80. The van der Waals surface area contributed by atoms with E-state index in [1.165, 1.54) is 10.9 Å². The third kappa shape index (κ3) is 1.40. The highest BCUT2D eigenvalue weighted by Gasteiger charge is 2.09. The molecular weight excluding hydrogens is 174 g/mol. The maximum atomic E-state index is 5.70. The summed E-state index contributed by atoms with van der Waals surface area (Å²) in [5.41, 5.74) is 6.88. The Hall–Kier alpha value is -1.35. The molecule has 0 aliphatic heterocycles. The van der Waals surface area contributed by atoms with Gasteiger partial charge in [0, 0.05) is 11.9 Å². The number of hydrogen-bond acceptors (Lipinski definition) is 2. The largest absolute Gasteiger partial charge is 0.328 e. The second-order valence-electron chi connectivity index (χ2n) is 3.45. The van der Waals surface area contributed by atoms with Crippen molar-refractivity contribution in [3.63, 3.8) is 0 Å². The van der Waals surface area contributed by atoms with Gasteiger partial charge in [-0.3, -0.25) is 4.68 Å². The average molecular weight is 189 g/mol. The minimum atomic E-state index is 0.315. The number of nitrogens with two attached hydrogens (primary N) is 1. The molecule has 3 nitrogen and oxygen atoms in total. The fraction of sp³-hybridized carbons (Fsp3) is 0.364. The lowest BCUT2D eigenvalue weighted by Gasteiger charge is -2.13. The zero-order chi connectivity index (χ0) is 9.97. The first kappa shape index (κ1) is 9.21. The molecule has 14 heavy (non-hydrogen) atoms. The van der Waals surface area contributed by atoms with Crippen molar-refractivity contribution in [2.24, 2.45) is 5.73 Å². The number of aromatic nitrogens is 2. The third-order valence-corrected chi connectivity index (χ3v) is 2.59. The first-order valence-electron chi connectivity index (χ1n) is 4.99. The van der Waals surface area contributed by atoms with Crippen molar-refractivity contribution in [3.8, 4) is 0 Å². The van der Waals surface area contributed by atoms with Crippen molar-refractivity contribution < 1.29 is 0 Å². The highest BCUT2D eigenvalue weighted by atomic mass is 15.3. The molecule has 0 fully saturated rings. The van der Waals surface area contributed by atoms with E-state index >= 15 is 0 Å². The number of fused-ring (bicyclic) bond motifs is 1. The summed E-state index contributed by atoms with van der Waals surface area (Å²) in [5.74, 6) is 0. The van der Waals surface area contributed by atoms with Crippen molar-refractivity contribution in [2.45, 2.75) is 19.4 Å². The normalized spacial score (nSPS) is 13.3. The van der Waals surface area contributed by atoms with Crippen LogP contribution in [0.25, 0.3) is 10.9 Å². The van der Waals surface area contributed by atoms with E-state index in [1.54, 1.807) is 0 Å². The molecular formula is C11H15N3. The van der Waals surface area contributed by atoms with Gasteiger partial charge in [0.15, 0.2) is 0 Å². The van der Waals surface area contributed by atoms with E-state index in [-0.39, 0.29) is 0 Å². The lowest BCUT2D eigenvalue weighted by molar-refractivity contribution is 0.463. The fourth-order valence-corrected chi connectivity index (χ4v) is 1.72. The molecule has 1 aromatic heterocycles. The minimum absolute atomic E-state index is 0.315. The Morgan fingerprint density at radius 2 is 2.21 bits per heavy atom. The lowest BCUT2D eigenvalue weighted by Crippen LogP contribution is -2.19. The molecule has 2 N–H and O–H groups in total. The quantitative estimate of drug-likeness (QED) is 0.802. The molecule has 1 heterocycles. The van der Waals surface area contributed by atoms with Gasteiger partial charge in [-0.15, -0.1) is 0 Å².